The van der Waals surface area contributed by atoms with Crippen LogP contribution in [-0.2, 0) is 17.6 Å². The second-order valence-electron chi connectivity index (χ2n) is 7.05. The van der Waals surface area contributed by atoms with Crippen molar-refractivity contribution in [2.75, 3.05) is 18.4 Å². The second kappa shape index (κ2) is 9.25. The Morgan fingerprint density at radius 3 is 2.67 bits per heavy atom. The molecular weight excluding hydrogens is 415 g/mol. The summed E-state index contributed by atoms with van der Waals surface area (Å²) >= 11 is 0. The van der Waals surface area contributed by atoms with Crippen LogP contribution in [0.5, 0.6) is 0 Å². The molecule has 1 aliphatic rings. The van der Waals surface area contributed by atoms with Gasteiger partial charge in [-0.15, -0.1) is 24.0 Å². The summed E-state index contributed by atoms with van der Waals surface area (Å²) in [7, 11) is 0. The Kier molecular flexibility index (Phi) is 7.99. The molecule has 0 aromatic heterocycles. The first-order valence-corrected chi connectivity index (χ1v) is 8.34. The Balaban J connectivity index is 0.00000288. The van der Waals surface area contributed by atoms with Gasteiger partial charge in [-0.1, -0.05) is 32.9 Å². The van der Waals surface area contributed by atoms with Crippen molar-refractivity contribution in [1.82, 2.24) is 5.32 Å². The minimum atomic E-state index is -0.378. The summed E-state index contributed by atoms with van der Waals surface area (Å²) in [6, 6.07) is 6.30. The molecule has 24 heavy (non-hydrogen) atoms. The summed E-state index contributed by atoms with van der Waals surface area (Å²) in [5.74, 6) is 0.422. The first kappa shape index (κ1) is 20.7. The van der Waals surface area contributed by atoms with Crippen molar-refractivity contribution in [2.24, 2.45) is 16.1 Å². The van der Waals surface area contributed by atoms with E-state index in [9.17, 15) is 4.79 Å². The topological polar surface area (TPSA) is 79.5 Å². The number of guanidine groups is 1. The third kappa shape index (κ3) is 5.96. The largest absolute Gasteiger partial charge is 0.370 e. The first-order valence-electron chi connectivity index (χ1n) is 8.34. The first-order chi connectivity index (χ1) is 10.9. The monoisotopic (exact) mass is 444 g/mol. The zero-order valence-electron chi connectivity index (χ0n) is 14.8. The Bertz CT molecular complexity index is 593. The van der Waals surface area contributed by atoms with Gasteiger partial charge in [-0.3, -0.25) is 9.79 Å². The standard InChI is InChI=1S/C18H28N4O.HI/c1-18(2,3)16(23)20-11-12-21-17(19)22-15-10-6-8-13-7-4-5-9-14(13)15;/h6,8,10H,4-5,7,9,11-12H2,1-3H3,(H,20,23)(H3,19,21,22);1H. The SMILES string of the molecule is CC(C)(C)C(=O)NCCN=C(N)Nc1cccc2c1CCCC2.I. The number of nitrogens with zero attached hydrogens (tertiary/aromatic N) is 1. The van der Waals surface area contributed by atoms with Crippen molar-refractivity contribution in [3.05, 3.63) is 29.3 Å². The van der Waals surface area contributed by atoms with E-state index in [1.54, 1.807) is 0 Å². The number of halogens is 1. The average Bonchev–Trinajstić information content (AvgIpc) is 2.51. The number of benzene rings is 1. The molecule has 0 saturated carbocycles. The predicted octanol–water partition coefficient (Wildman–Crippen LogP) is 3.07. The number of nitrogens with one attached hydrogen (secondary N) is 2. The van der Waals surface area contributed by atoms with E-state index in [0.29, 0.717) is 19.0 Å². The van der Waals surface area contributed by atoms with Crippen molar-refractivity contribution < 1.29 is 4.79 Å². The van der Waals surface area contributed by atoms with E-state index in [1.807, 2.05) is 26.8 Å². The molecule has 1 aromatic carbocycles. The molecule has 0 unspecified atom stereocenters. The third-order valence-electron chi connectivity index (χ3n) is 4.02. The molecule has 0 heterocycles. The fraction of sp³-hybridized carbons (Fsp3) is 0.556. The Morgan fingerprint density at radius 1 is 1.25 bits per heavy atom. The zero-order chi connectivity index (χ0) is 16.9. The van der Waals surface area contributed by atoms with E-state index in [4.69, 9.17) is 5.73 Å². The van der Waals surface area contributed by atoms with Gasteiger partial charge in [0.25, 0.3) is 0 Å². The van der Waals surface area contributed by atoms with Crippen molar-refractivity contribution in [3.8, 4) is 0 Å². The molecule has 0 atom stereocenters. The van der Waals surface area contributed by atoms with E-state index in [-0.39, 0.29) is 35.3 Å². The smallest absolute Gasteiger partial charge is 0.225 e. The maximum atomic E-state index is 11.8. The van der Waals surface area contributed by atoms with Crippen molar-refractivity contribution in [2.45, 2.75) is 46.5 Å². The summed E-state index contributed by atoms with van der Waals surface area (Å²) in [5, 5.41) is 6.07. The maximum Gasteiger partial charge on any atom is 0.225 e. The van der Waals surface area contributed by atoms with Crippen LogP contribution in [0.3, 0.4) is 0 Å². The molecule has 0 spiro atoms. The van der Waals surface area contributed by atoms with E-state index >= 15 is 0 Å². The molecule has 0 saturated heterocycles. The molecule has 0 aliphatic heterocycles. The summed E-state index contributed by atoms with van der Waals surface area (Å²) in [6.45, 7) is 6.63. The van der Waals surface area contributed by atoms with Gasteiger partial charge in [-0.05, 0) is 42.9 Å². The number of rotatable bonds is 4. The fourth-order valence-electron chi connectivity index (χ4n) is 2.69. The molecular formula is C18H29IN4O. The fourth-order valence-corrected chi connectivity index (χ4v) is 2.69. The van der Waals surface area contributed by atoms with Gasteiger partial charge in [0.15, 0.2) is 5.96 Å². The third-order valence-corrected chi connectivity index (χ3v) is 4.02. The molecule has 1 amide bonds. The highest BCUT2D eigenvalue weighted by Crippen LogP contribution is 2.27. The highest BCUT2D eigenvalue weighted by Gasteiger charge is 2.20. The maximum absolute atomic E-state index is 11.8. The number of nitrogens with two attached hydrogens (primary N) is 1. The normalized spacial score (nSPS) is 14.4. The number of aryl methyl sites for hydroxylation is 1. The van der Waals surface area contributed by atoms with Crippen LogP contribution >= 0.6 is 24.0 Å². The van der Waals surface area contributed by atoms with Crippen LogP contribution in [-0.4, -0.2) is 25.0 Å². The molecule has 0 fully saturated rings. The lowest BCUT2D eigenvalue weighted by Gasteiger charge is -2.20. The van der Waals surface area contributed by atoms with Crippen LogP contribution in [0.4, 0.5) is 5.69 Å². The lowest BCUT2D eigenvalue weighted by atomic mass is 9.90. The van der Waals surface area contributed by atoms with Gasteiger partial charge >= 0.3 is 0 Å². The van der Waals surface area contributed by atoms with Gasteiger partial charge in [0, 0.05) is 17.6 Å². The van der Waals surface area contributed by atoms with E-state index in [0.717, 1.165) is 18.5 Å². The molecule has 5 nitrogen and oxygen atoms in total. The number of carbonyl (C=O) groups is 1. The molecule has 4 N–H and O–H groups in total. The Hall–Kier alpha value is -1.31. The predicted molar refractivity (Wildman–Crippen MR) is 111 cm³/mol. The average molecular weight is 444 g/mol. The van der Waals surface area contributed by atoms with Gasteiger partial charge < -0.3 is 16.4 Å². The quantitative estimate of drug-likeness (QED) is 0.289. The van der Waals surface area contributed by atoms with Crippen LogP contribution in [0.25, 0.3) is 0 Å². The van der Waals surface area contributed by atoms with Gasteiger partial charge in [-0.25, -0.2) is 0 Å². The summed E-state index contributed by atoms with van der Waals surface area (Å²) < 4.78 is 0. The molecule has 6 heteroatoms. The number of fused-ring (bicyclic) bond motifs is 1. The van der Waals surface area contributed by atoms with Gasteiger partial charge in [0.2, 0.25) is 5.91 Å². The van der Waals surface area contributed by atoms with Gasteiger partial charge in [0.1, 0.15) is 0 Å². The van der Waals surface area contributed by atoms with E-state index in [2.05, 4.69) is 27.8 Å². The van der Waals surface area contributed by atoms with Crippen LogP contribution in [0.2, 0.25) is 0 Å². The van der Waals surface area contributed by atoms with E-state index in [1.165, 1.54) is 24.0 Å². The Morgan fingerprint density at radius 2 is 1.96 bits per heavy atom. The van der Waals surface area contributed by atoms with Crippen LogP contribution < -0.4 is 16.4 Å². The lowest BCUT2D eigenvalue weighted by molar-refractivity contribution is -0.128. The van der Waals surface area contributed by atoms with Crippen molar-refractivity contribution >= 4 is 41.5 Å². The van der Waals surface area contributed by atoms with E-state index < -0.39 is 0 Å². The highest BCUT2D eigenvalue weighted by molar-refractivity contribution is 14.0. The molecule has 134 valence electrons. The summed E-state index contributed by atoms with van der Waals surface area (Å²) in [6.07, 6.45) is 4.71. The number of amides is 1. The number of hydrogen-bond acceptors (Lipinski definition) is 2. The minimum absolute atomic E-state index is 0. The number of aliphatic imine (C=N–C) groups is 1. The Labute approximate surface area is 161 Å². The van der Waals surface area contributed by atoms with Crippen LogP contribution in [0.15, 0.2) is 23.2 Å². The molecule has 2 rings (SSSR count). The molecule has 1 aromatic rings. The molecule has 1 aliphatic carbocycles. The molecule has 0 bridgehead atoms. The zero-order valence-corrected chi connectivity index (χ0v) is 17.1. The van der Waals surface area contributed by atoms with Gasteiger partial charge in [0.05, 0.1) is 6.54 Å². The number of carbonyl (C=O) groups excluding carboxylic acids is 1. The summed E-state index contributed by atoms with van der Waals surface area (Å²) in [5.41, 5.74) is 9.41. The number of hydrogen-bond donors (Lipinski definition) is 3. The van der Waals surface area contributed by atoms with Gasteiger partial charge in [-0.2, -0.15) is 0 Å². The van der Waals surface area contributed by atoms with Crippen LogP contribution in [0, 0.1) is 5.41 Å². The van der Waals surface area contributed by atoms with Crippen LogP contribution in [0.1, 0.15) is 44.7 Å². The minimum Gasteiger partial charge on any atom is -0.370 e. The highest BCUT2D eigenvalue weighted by atomic mass is 127. The van der Waals surface area contributed by atoms with Crippen molar-refractivity contribution in [3.63, 3.8) is 0 Å². The van der Waals surface area contributed by atoms with Crippen molar-refractivity contribution in [1.29, 1.82) is 0 Å². The molecule has 0 radical (unpaired) electrons. The summed E-state index contributed by atoms with van der Waals surface area (Å²) in [4.78, 5) is 16.0. The lowest BCUT2D eigenvalue weighted by Crippen LogP contribution is -2.36. The number of anilines is 1. The second-order valence-corrected chi connectivity index (χ2v) is 7.05.